The summed E-state index contributed by atoms with van der Waals surface area (Å²) in [7, 11) is 0. The standard InChI is InChI=1S/C18H26N4OS/c1-18(2,23)14-24-17-20-19-16(13-21-11-7-4-8-12-21)22(17)15-9-5-3-6-10-15/h3,5-6,9-10,23H,4,7-8,11-14H2,1-2H3. The van der Waals surface area contributed by atoms with Crippen molar-refractivity contribution in [3.63, 3.8) is 0 Å². The van der Waals surface area contributed by atoms with E-state index >= 15 is 0 Å². The molecule has 0 amide bonds. The molecule has 1 aromatic carbocycles. The van der Waals surface area contributed by atoms with Gasteiger partial charge in [0.1, 0.15) is 0 Å². The van der Waals surface area contributed by atoms with Crippen molar-refractivity contribution in [3.8, 4) is 5.69 Å². The number of benzene rings is 1. The molecule has 1 fully saturated rings. The average molecular weight is 346 g/mol. The Balaban J connectivity index is 1.86. The monoisotopic (exact) mass is 346 g/mol. The molecule has 1 N–H and O–H groups in total. The molecule has 6 heteroatoms. The molecule has 1 aliphatic rings. The van der Waals surface area contributed by atoms with E-state index in [-0.39, 0.29) is 0 Å². The van der Waals surface area contributed by atoms with Gasteiger partial charge in [0, 0.05) is 11.4 Å². The second-order valence-corrected chi connectivity index (χ2v) is 7.95. The Morgan fingerprint density at radius 2 is 1.79 bits per heavy atom. The van der Waals surface area contributed by atoms with Gasteiger partial charge < -0.3 is 5.11 Å². The maximum atomic E-state index is 10.0. The summed E-state index contributed by atoms with van der Waals surface area (Å²) in [5, 5.41) is 19.7. The zero-order valence-electron chi connectivity index (χ0n) is 14.5. The van der Waals surface area contributed by atoms with Crippen LogP contribution in [0.15, 0.2) is 35.5 Å². The lowest BCUT2D eigenvalue weighted by atomic mass is 10.1. The van der Waals surface area contributed by atoms with Gasteiger partial charge in [-0.2, -0.15) is 0 Å². The molecule has 0 radical (unpaired) electrons. The van der Waals surface area contributed by atoms with Crippen LogP contribution >= 0.6 is 11.8 Å². The summed E-state index contributed by atoms with van der Waals surface area (Å²) < 4.78 is 2.13. The fourth-order valence-corrected chi connectivity index (χ4v) is 3.81. The van der Waals surface area contributed by atoms with E-state index in [2.05, 4.69) is 31.8 Å². The van der Waals surface area contributed by atoms with Crippen LogP contribution in [0.3, 0.4) is 0 Å². The maximum absolute atomic E-state index is 10.0. The van der Waals surface area contributed by atoms with E-state index in [1.807, 2.05) is 32.0 Å². The molecule has 0 saturated carbocycles. The quantitative estimate of drug-likeness (QED) is 0.815. The molecule has 1 aliphatic heterocycles. The summed E-state index contributed by atoms with van der Waals surface area (Å²) >= 11 is 1.55. The number of aromatic nitrogens is 3. The Hall–Kier alpha value is -1.37. The molecule has 0 bridgehead atoms. The van der Waals surface area contributed by atoms with Crippen molar-refractivity contribution in [1.82, 2.24) is 19.7 Å². The van der Waals surface area contributed by atoms with Gasteiger partial charge in [-0.05, 0) is 51.9 Å². The first-order chi connectivity index (χ1) is 11.5. The Kier molecular flexibility index (Phi) is 5.58. The predicted molar refractivity (Wildman–Crippen MR) is 97.5 cm³/mol. The molecule has 1 aromatic heterocycles. The summed E-state index contributed by atoms with van der Waals surface area (Å²) in [4.78, 5) is 2.46. The fraction of sp³-hybridized carbons (Fsp3) is 0.556. The van der Waals surface area contributed by atoms with Crippen molar-refractivity contribution in [2.75, 3.05) is 18.8 Å². The molecule has 2 heterocycles. The molecule has 5 nitrogen and oxygen atoms in total. The predicted octanol–water partition coefficient (Wildman–Crippen LogP) is 3.12. The van der Waals surface area contributed by atoms with Crippen LogP contribution in [0.2, 0.25) is 0 Å². The third-order valence-electron chi connectivity index (χ3n) is 4.08. The minimum Gasteiger partial charge on any atom is -0.390 e. The highest BCUT2D eigenvalue weighted by Gasteiger charge is 2.21. The van der Waals surface area contributed by atoms with Crippen LogP contribution in [0.5, 0.6) is 0 Å². The maximum Gasteiger partial charge on any atom is 0.195 e. The molecule has 3 rings (SSSR count). The van der Waals surface area contributed by atoms with Crippen LogP contribution in [0.1, 0.15) is 38.9 Å². The van der Waals surface area contributed by atoms with Gasteiger partial charge in [0.15, 0.2) is 11.0 Å². The Labute approximate surface area is 148 Å². The van der Waals surface area contributed by atoms with E-state index < -0.39 is 5.60 Å². The molecule has 1 saturated heterocycles. The second-order valence-electron chi connectivity index (χ2n) is 7.01. The topological polar surface area (TPSA) is 54.2 Å². The summed E-state index contributed by atoms with van der Waals surface area (Å²) in [5.41, 5.74) is 0.346. The highest BCUT2D eigenvalue weighted by atomic mass is 32.2. The lowest BCUT2D eigenvalue weighted by Crippen LogP contribution is -2.30. The zero-order valence-corrected chi connectivity index (χ0v) is 15.3. The van der Waals surface area contributed by atoms with Gasteiger partial charge in [-0.3, -0.25) is 9.47 Å². The van der Waals surface area contributed by atoms with E-state index in [0.29, 0.717) is 5.75 Å². The first-order valence-corrected chi connectivity index (χ1v) is 9.59. The number of rotatable bonds is 6. The summed E-state index contributed by atoms with van der Waals surface area (Å²) in [6.07, 6.45) is 3.86. The number of aliphatic hydroxyl groups is 1. The van der Waals surface area contributed by atoms with Crippen LogP contribution in [0.25, 0.3) is 5.69 Å². The Bertz CT molecular complexity index is 645. The van der Waals surface area contributed by atoms with E-state index in [4.69, 9.17) is 0 Å². The third-order valence-corrected chi connectivity index (χ3v) is 5.46. The zero-order chi connectivity index (χ0) is 17.0. The first-order valence-electron chi connectivity index (χ1n) is 8.60. The van der Waals surface area contributed by atoms with Crippen LogP contribution in [0.4, 0.5) is 0 Å². The van der Waals surface area contributed by atoms with E-state index in [1.165, 1.54) is 19.3 Å². The van der Waals surface area contributed by atoms with Gasteiger partial charge >= 0.3 is 0 Å². The lowest BCUT2D eigenvalue weighted by molar-refractivity contribution is 0.107. The largest absolute Gasteiger partial charge is 0.390 e. The van der Waals surface area contributed by atoms with Gasteiger partial charge in [0.2, 0.25) is 0 Å². The minimum absolute atomic E-state index is 0.585. The molecule has 0 unspecified atom stereocenters. The van der Waals surface area contributed by atoms with Crippen molar-refractivity contribution in [2.45, 2.75) is 50.4 Å². The van der Waals surface area contributed by atoms with E-state index in [0.717, 1.165) is 36.3 Å². The SMILES string of the molecule is CC(C)(O)CSc1nnc(CN2CCCCC2)n1-c1ccccc1. The van der Waals surface area contributed by atoms with Gasteiger partial charge in [0.25, 0.3) is 0 Å². The smallest absolute Gasteiger partial charge is 0.195 e. The van der Waals surface area contributed by atoms with E-state index in [1.54, 1.807) is 11.8 Å². The van der Waals surface area contributed by atoms with Gasteiger partial charge in [-0.15, -0.1) is 10.2 Å². The molecule has 2 aromatic rings. The van der Waals surface area contributed by atoms with Crippen molar-refractivity contribution in [3.05, 3.63) is 36.2 Å². The van der Waals surface area contributed by atoms with Crippen molar-refractivity contribution in [1.29, 1.82) is 0 Å². The average Bonchev–Trinajstić information content (AvgIpc) is 2.97. The van der Waals surface area contributed by atoms with Crippen LogP contribution in [0, 0.1) is 0 Å². The molecule has 0 atom stereocenters. The Morgan fingerprint density at radius 1 is 1.08 bits per heavy atom. The van der Waals surface area contributed by atoms with Crippen molar-refractivity contribution >= 4 is 11.8 Å². The number of hydrogen-bond acceptors (Lipinski definition) is 5. The molecular weight excluding hydrogens is 320 g/mol. The lowest BCUT2D eigenvalue weighted by Gasteiger charge is -2.26. The van der Waals surface area contributed by atoms with Crippen LogP contribution < -0.4 is 0 Å². The van der Waals surface area contributed by atoms with Crippen LogP contribution in [-0.4, -0.2) is 49.2 Å². The highest BCUT2D eigenvalue weighted by molar-refractivity contribution is 7.99. The molecule has 0 spiro atoms. The van der Waals surface area contributed by atoms with Crippen molar-refractivity contribution in [2.24, 2.45) is 0 Å². The number of hydrogen-bond donors (Lipinski definition) is 1. The number of para-hydroxylation sites is 1. The molecular formula is C18H26N4OS. The molecule has 130 valence electrons. The second kappa shape index (κ2) is 7.68. The number of piperidine rings is 1. The van der Waals surface area contributed by atoms with Gasteiger partial charge in [0.05, 0.1) is 12.1 Å². The molecule has 0 aliphatic carbocycles. The minimum atomic E-state index is -0.731. The Morgan fingerprint density at radius 3 is 2.46 bits per heavy atom. The fourth-order valence-electron chi connectivity index (χ4n) is 2.89. The number of nitrogens with zero attached hydrogens (tertiary/aromatic N) is 4. The van der Waals surface area contributed by atoms with Gasteiger partial charge in [-0.1, -0.05) is 36.4 Å². The number of thioether (sulfide) groups is 1. The normalized spacial score (nSPS) is 16.5. The first kappa shape index (κ1) is 17.5. The summed E-state index contributed by atoms with van der Waals surface area (Å²) in [5.74, 6) is 1.56. The number of likely N-dealkylation sites (tertiary alicyclic amines) is 1. The highest BCUT2D eigenvalue weighted by Crippen LogP contribution is 2.26. The van der Waals surface area contributed by atoms with E-state index in [9.17, 15) is 5.11 Å². The van der Waals surface area contributed by atoms with Crippen LogP contribution in [-0.2, 0) is 6.54 Å². The summed E-state index contributed by atoms with van der Waals surface area (Å²) in [6, 6.07) is 10.2. The van der Waals surface area contributed by atoms with Crippen molar-refractivity contribution < 1.29 is 5.11 Å². The third kappa shape index (κ3) is 4.59. The summed E-state index contributed by atoms with van der Waals surface area (Å²) in [6.45, 7) is 6.72. The van der Waals surface area contributed by atoms with Gasteiger partial charge in [-0.25, -0.2) is 0 Å². The molecule has 24 heavy (non-hydrogen) atoms.